The molecule has 20 heavy (non-hydrogen) atoms. The van der Waals surface area contributed by atoms with Crippen molar-refractivity contribution in [1.82, 2.24) is 4.98 Å². The van der Waals surface area contributed by atoms with E-state index in [1.54, 1.807) is 12.3 Å². The first-order valence-electron chi connectivity index (χ1n) is 6.32. The van der Waals surface area contributed by atoms with E-state index in [1.807, 2.05) is 38.1 Å². The number of carbonyl (C=O) groups is 1. The molecular weight excluding hydrogens is 254 g/mol. The van der Waals surface area contributed by atoms with Crippen molar-refractivity contribution >= 4 is 17.6 Å². The SMILES string of the molecule is CC1(C)OC(=O)Nc2ccc(-c3ccc(N)nc3)cc21. The van der Waals surface area contributed by atoms with Gasteiger partial charge >= 0.3 is 6.09 Å². The lowest BCUT2D eigenvalue weighted by atomic mass is 9.91. The molecule has 3 N–H and O–H groups in total. The Hall–Kier alpha value is -2.56. The summed E-state index contributed by atoms with van der Waals surface area (Å²) in [4.78, 5) is 15.6. The van der Waals surface area contributed by atoms with Gasteiger partial charge in [0.2, 0.25) is 0 Å². The van der Waals surface area contributed by atoms with Crippen LogP contribution in [-0.2, 0) is 10.3 Å². The number of benzene rings is 1. The van der Waals surface area contributed by atoms with Crippen LogP contribution in [0.25, 0.3) is 11.1 Å². The van der Waals surface area contributed by atoms with Crippen LogP contribution in [0.1, 0.15) is 19.4 Å². The number of ether oxygens (including phenoxy) is 1. The summed E-state index contributed by atoms with van der Waals surface area (Å²) in [5.41, 5.74) is 8.62. The highest BCUT2D eigenvalue weighted by Crippen LogP contribution is 2.37. The molecule has 0 bridgehead atoms. The number of cyclic esters (lactones) is 1. The van der Waals surface area contributed by atoms with Crippen LogP contribution in [0.5, 0.6) is 0 Å². The summed E-state index contributed by atoms with van der Waals surface area (Å²) in [5, 5.41) is 2.71. The molecule has 2 heterocycles. The Morgan fingerprint density at radius 3 is 2.65 bits per heavy atom. The van der Waals surface area contributed by atoms with Crippen LogP contribution in [0.3, 0.4) is 0 Å². The Balaban J connectivity index is 2.09. The maximum absolute atomic E-state index is 11.5. The van der Waals surface area contributed by atoms with Crippen LogP contribution in [-0.4, -0.2) is 11.1 Å². The molecule has 0 atom stereocenters. The van der Waals surface area contributed by atoms with Gasteiger partial charge in [0.1, 0.15) is 11.4 Å². The highest BCUT2D eigenvalue weighted by atomic mass is 16.6. The van der Waals surface area contributed by atoms with Gasteiger partial charge in [-0.3, -0.25) is 5.32 Å². The summed E-state index contributed by atoms with van der Waals surface area (Å²) in [6.07, 6.45) is 1.30. The van der Waals surface area contributed by atoms with Crippen LogP contribution in [0, 0.1) is 0 Å². The second-order valence-corrected chi connectivity index (χ2v) is 5.26. The summed E-state index contributed by atoms with van der Waals surface area (Å²) < 4.78 is 5.32. The van der Waals surface area contributed by atoms with Crippen molar-refractivity contribution in [3.63, 3.8) is 0 Å². The fourth-order valence-corrected chi connectivity index (χ4v) is 2.33. The van der Waals surface area contributed by atoms with Gasteiger partial charge in [0.15, 0.2) is 0 Å². The zero-order valence-corrected chi connectivity index (χ0v) is 11.3. The Morgan fingerprint density at radius 2 is 1.95 bits per heavy atom. The number of rotatable bonds is 1. The van der Waals surface area contributed by atoms with Gasteiger partial charge in [-0.1, -0.05) is 6.07 Å². The topological polar surface area (TPSA) is 77.2 Å². The number of amides is 1. The van der Waals surface area contributed by atoms with E-state index < -0.39 is 11.7 Å². The number of aromatic nitrogens is 1. The Labute approximate surface area is 116 Å². The van der Waals surface area contributed by atoms with E-state index in [-0.39, 0.29) is 0 Å². The highest BCUT2D eigenvalue weighted by Gasteiger charge is 2.33. The molecule has 2 aromatic rings. The fourth-order valence-electron chi connectivity index (χ4n) is 2.33. The number of hydrogen-bond donors (Lipinski definition) is 2. The Kier molecular flexibility index (Phi) is 2.64. The maximum atomic E-state index is 11.5. The zero-order chi connectivity index (χ0) is 14.3. The molecule has 0 fully saturated rings. The van der Waals surface area contributed by atoms with E-state index in [2.05, 4.69) is 10.3 Å². The predicted molar refractivity (Wildman–Crippen MR) is 77.2 cm³/mol. The molecule has 102 valence electrons. The van der Waals surface area contributed by atoms with Crippen LogP contribution in [0.15, 0.2) is 36.5 Å². The van der Waals surface area contributed by atoms with Gasteiger partial charge in [-0.05, 0) is 43.7 Å². The summed E-state index contributed by atoms with van der Waals surface area (Å²) in [6.45, 7) is 3.74. The van der Waals surface area contributed by atoms with E-state index in [1.165, 1.54) is 0 Å². The van der Waals surface area contributed by atoms with Gasteiger partial charge in [-0.25, -0.2) is 9.78 Å². The Morgan fingerprint density at radius 1 is 1.20 bits per heavy atom. The molecule has 0 saturated heterocycles. The number of nitrogens with zero attached hydrogens (tertiary/aromatic N) is 1. The summed E-state index contributed by atoms with van der Waals surface area (Å²) >= 11 is 0. The van der Waals surface area contributed by atoms with Crippen LogP contribution >= 0.6 is 0 Å². The van der Waals surface area contributed by atoms with E-state index >= 15 is 0 Å². The molecule has 1 aromatic heterocycles. The minimum atomic E-state index is -0.658. The number of nitrogen functional groups attached to an aromatic ring is 1. The summed E-state index contributed by atoms with van der Waals surface area (Å²) in [6, 6.07) is 9.50. The van der Waals surface area contributed by atoms with Gasteiger partial charge in [-0.15, -0.1) is 0 Å². The van der Waals surface area contributed by atoms with Crippen LogP contribution in [0.4, 0.5) is 16.3 Å². The minimum absolute atomic E-state index is 0.426. The molecule has 1 aliphatic rings. The van der Waals surface area contributed by atoms with E-state index in [0.717, 1.165) is 22.4 Å². The van der Waals surface area contributed by atoms with Crippen molar-refractivity contribution in [2.24, 2.45) is 0 Å². The molecule has 5 heteroatoms. The van der Waals surface area contributed by atoms with Crippen molar-refractivity contribution in [3.8, 4) is 11.1 Å². The first-order valence-corrected chi connectivity index (χ1v) is 6.32. The Bertz CT molecular complexity index is 678. The summed E-state index contributed by atoms with van der Waals surface area (Å²) in [7, 11) is 0. The average Bonchev–Trinajstić information content (AvgIpc) is 2.38. The third-order valence-corrected chi connectivity index (χ3v) is 3.37. The molecule has 0 radical (unpaired) electrons. The van der Waals surface area contributed by atoms with Crippen molar-refractivity contribution in [3.05, 3.63) is 42.1 Å². The molecule has 5 nitrogen and oxygen atoms in total. The molecule has 1 aliphatic heterocycles. The predicted octanol–water partition coefficient (Wildman–Crippen LogP) is 3.13. The number of hydrogen-bond acceptors (Lipinski definition) is 4. The number of fused-ring (bicyclic) bond motifs is 1. The lowest BCUT2D eigenvalue weighted by molar-refractivity contribution is 0.0421. The van der Waals surface area contributed by atoms with E-state index in [9.17, 15) is 4.79 Å². The van der Waals surface area contributed by atoms with Crippen molar-refractivity contribution in [2.45, 2.75) is 19.4 Å². The summed E-state index contributed by atoms with van der Waals surface area (Å²) in [5.74, 6) is 0.489. The fraction of sp³-hybridized carbons (Fsp3) is 0.200. The largest absolute Gasteiger partial charge is 0.438 e. The second kappa shape index (κ2) is 4.23. The van der Waals surface area contributed by atoms with Gasteiger partial charge in [0.25, 0.3) is 0 Å². The number of anilines is 2. The third-order valence-electron chi connectivity index (χ3n) is 3.37. The van der Waals surface area contributed by atoms with Crippen LogP contribution < -0.4 is 11.1 Å². The third kappa shape index (κ3) is 2.07. The first kappa shape index (κ1) is 12.5. The number of carbonyl (C=O) groups excluding carboxylic acids is 1. The molecule has 1 amide bonds. The minimum Gasteiger partial charge on any atom is -0.438 e. The smallest absolute Gasteiger partial charge is 0.412 e. The quantitative estimate of drug-likeness (QED) is 0.833. The number of nitrogens with one attached hydrogen (secondary N) is 1. The highest BCUT2D eigenvalue weighted by molar-refractivity contribution is 5.89. The van der Waals surface area contributed by atoms with Gasteiger partial charge < -0.3 is 10.5 Å². The normalized spacial score (nSPS) is 16.0. The van der Waals surface area contributed by atoms with Crippen molar-refractivity contribution in [2.75, 3.05) is 11.1 Å². The second-order valence-electron chi connectivity index (χ2n) is 5.26. The molecule has 3 rings (SSSR count). The van der Waals surface area contributed by atoms with E-state index in [4.69, 9.17) is 10.5 Å². The lowest BCUT2D eigenvalue weighted by Gasteiger charge is -2.32. The lowest BCUT2D eigenvalue weighted by Crippen LogP contribution is -2.34. The first-order chi connectivity index (χ1) is 9.45. The molecule has 0 aliphatic carbocycles. The van der Waals surface area contributed by atoms with E-state index in [0.29, 0.717) is 5.82 Å². The molecule has 1 aromatic carbocycles. The van der Waals surface area contributed by atoms with Gasteiger partial charge in [0, 0.05) is 17.3 Å². The zero-order valence-electron chi connectivity index (χ0n) is 11.3. The number of pyridine rings is 1. The monoisotopic (exact) mass is 269 g/mol. The van der Waals surface area contributed by atoms with Crippen molar-refractivity contribution in [1.29, 1.82) is 0 Å². The molecular formula is C15H15N3O2. The van der Waals surface area contributed by atoms with Crippen LogP contribution in [0.2, 0.25) is 0 Å². The van der Waals surface area contributed by atoms with Gasteiger partial charge in [-0.2, -0.15) is 0 Å². The molecule has 0 unspecified atom stereocenters. The standard InChI is InChI=1S/C15H15N3O2/c1-15(2)11-7-9(10-4-6-13(16)17-8-10)3-5-12(11)18-14(19)20-15/h3-8H,1-2H3,(H2,16,17)(H,18,19). The molecule has 0 spiro atoms. The molecule has 0 saturated carbocycles. The average molecular weight is 269 g/mol. The van der Waals surface area contributed by atoms with Crippen molar-refractivity contribution < 1.29 is 9.53 Å². The maximum Gasteiger partial charge on any atom is 0.412 e. The number of nitrogens with two attached hydrogens (primary N) is 1. The van der Waals surface area contributed by atoms with Gasteiger partial charge in [0.05, 0.1) is 5.69 Å².